The minimum absolute atomic E-state index is 0.0264. The number of esters is 3. The van der Waals surface area contributed by atoms with Crippen molar-refractivity contribution in [2.75, 3.05) is 23.8 Å². The number of benzene rings is 2. The fourth-order valence-corrected chi connectivity index (χ4v) is 4.66. The molecule has 1 heterocycles. The molecule has 0 bridgehead atoms. The van der Waals surface area contributed by atoms with Crippen LogP contribution in [0.2, 0.25) is 10.0 Å². The summed E-state index contributed by atoms with van der Waals surface area (Å²) in [6, 6.07) is 1.36. The summed E-state index contributed by atoms with van der Waals surface area (Å²) in [6.45, 7) is 7.59. The van der Waals surface area contributed by atoms with Crippen LogP contribution < -0.4 is 10.6 Å². The number of hydrogen-bond acceptors (Lipinski definition) is 9. The second kappa shape index (κ2) is 15.2. The minimum atomic E-state index is -1.26. The maximum Gasteiger partial charge on any atom is 0.412 e. The lowest BCUT2D eigenvalue weighted by molar-refractivity contribution is -0.147. The quantitative estimate of drug-likeness (QED) is 0.235. The summed E-state index contributed by atoms with van der Waals surface area (Å²) >= 11 is 12.0. The first-order chi connectivity index (χ1) is 21.1. The molecule has 2 N–H and O–H groups in total. The Labute approximate surface area is 267 Å². The van der Waals surface area contributed by atoms with E-state index in [-0.39, 0.29) is 40.7 Å². The summed E-state index contributed by atoms with van der Waals surface area (Å²) in [7, 11) is 0. The molecular weight excluding hydrogens is 643 g/mol. The maximum atomic E-state index is 14.7. The van der Waals surface area contributed by atoms with Gasteiger partial charge in [-0.3, -0.25) is 5.32 Å². The Hall–Kier alpha value is -4.17. The van der Waals surface area contributed by atoms with Gasteiger partial charge >= 0.3 is 30.0 Å². The fraction of sp³-hybridized carbons (Fsp3) is 0.414. The fourth-order valence-electron chi connectivity index (χ4n) is 4.20. The summed E-state index contributed by atoms with van der Waals surface area (Å²) < 4.78 is 49.8. The zero-order valence-electron chi connectivity index (χ0n) is 24.9. The van der Waals surface area contributed by atoms with Crippen LogP contribution in [-0.4, -0.2) is 72.4 Å². The lowest BCUT2D eigenvalue weighted by Gasteiger charge is -2.23. The Morgan fingerprint density at radius 3 is 1.82 bits per heavy atom. The normalized spacial score (nSPS) is 15.9. The van der Waals surface area contributed by atoms with Gasteiger partial charge in [0, 0.05) is 6.42 Å². The van der Waals surface area contributed by atoms with Crippen LogP contribution in [0, 0.1) is 11.6 Å². The average Bonchev–Trinajstić information content (AvgIpc) is 3.34. The molecule has 1 aliphatic rings. The molecule has 1 aliphatic heterocycles. The van der Waals surface area contributed by atoms with Crippen LogP contribution in [0.1, 0.15) is 61.8 Å². The number of urea groups is 1. The van der Waals surface area contributed by atoms with E-state index in [0.29, 0.717) is 0 Å². The van der Waals surface area contributed by atoms with E-state index in [1.54, 1.807) is 34.6 Å². The molecule has 244 valence electrons. The first kappa shape index (κ1) is 35.3. The van der Waals surface area contributed by atoms with E-state index < -0.39 is 77.4 Å². The topological polar surface area (TPSA) is 150 Å². The van der Waals surface area contributed by atoms with Gasteiger partial charge in [-0.1, -0.05) is 23.2 Å². The van der Waals surface area contributed by atoms with Crippen molar-refractivity contribution < 1.29 is 51.7 Å². The van der Waals surface area contributed by atoms with Gasteiger partial charge in [-0.2, -0.15) is 0 Å². The summed E-state index contributed by atoms with van der Waals surface area (Å²) in [5, 5.41) is 3.96. The van der Waals surface area contributed by atoms with Gasteiger partial charge in [0.25, 0.3) is 0 Å². The van der Waals surface area contributed by atoms with Crippen molar-refractivity contribution in [3.05, 3.63) is 57.1 Å². The van der Waals surface area contributed by atoms with Crippen LogP contribution in [0.15, 0.2) is 24.3 Å². The SMILES string of the molecule is CCOC(=O)C1CC(OC(=O)Nc2cc(C(=O)OC(C)C)c(Cl)cc2F)CN1C(=O)Nc1cc(C(=O)OC(C)C)c(Cl)cc1F. The second-order valence-corrected chi connectivity index (χ2v) is 11.1. The number of ether oxygens (including phenoxy) is 4. The van der Waals surface area contributed by atoms with Crippen LogP contribution in [0.25, 0.3) is 0 Å². The van der Waals surface area contributed by atoms with Crippen molar-refractivity contribution in [1.82, 2.24) is 4.90 Å². The number of rotatable bonds is 9. The molecule has 2 aromatic rings. The molecule has 0 aliphatic carbocycles. The van der Waals surface area contributed by atoms with Gasteiger partial charge in [0.05, 0.1) is 57.9 Å². The van der Waals surface area contributed by atoms with E-state index in [2.05, 4.69) is 10.6 Å². The third kappa shape index (κ3) is 9.17. The van der Waals surface area contributed by atoms with Crippen LogP contribution in [0.5, 0.6) is 0 Å². The Bertz CT molecular complexity index is 1490. The van der Waals surface area contributed by atoms with Crippen molar-refractivity contribution >= 4 is 64.6 Å². The Morgan fingerprint density at radius 1 is 0.867 bits per heavy atom. The predicted molar refractivity (Wildman–Crippen MR) is 159 cm³/mol. The number of nitrogens with zero attached hydrogens (tertiary/aromatic N) is 1. The number of carbonyl (C=O) groups excluding carboxylic acids is 5. The lowest BCUT2D eigenvalue weighted by Crippen LogP contribution is -2.44. The molecule has 16 heteroatoms. The first-order valence-electron chi connectivity index (χ1n) is 13.7. The molecule has 0 aromatic heterocycles. The average molecular weight is 674 g/mol. The Kier molecular flexibility index (Phi) is 11.9. The Morgan fingerprint density at radius 2 is 1.36 bits per heavy atom. The number of likely N-dealkylation sites (tertiary alicyclic amines) is 1. The second-order valence-electron chi connectivity index (χ2n) is 10.3. The van der Waals surface area contributed by atoms with Crippen LogP contribution in [0.3, 0.4) is 0 Å². The standard InChI is InChI=1S/C29H31Cl2F2N3O9/c1-6-42-27(39)24-7-15(45-29(41)35-23-9-17(19(31)11-21(23)33)26(38)44-14(4)5)12-36(24)28(40)34-22-8-16(18(30)10-20(22)32)25(37)43-13(2)3/h8-11,13-15,24H,6-7,12H2,1-5H3,(H,34,40)(H,35,41). The number of anilines is 2. The third-order valence-corrected chi connectivity index (χ3v) is 6.70. The number of nitrogens with one attached hydrogen (secondary N) is 2. The smallest absolute Gasteiger partial charge is 0.412 e. The monoisotopic (exact) mass is 673 g/mol. The lowest BCUT2D eigenvalue weighted by atomic mass is 10.2. The molecule has 0 spiro atoms. The number of halogens is 4. The zero-order chi connectivity index (χ0) is 33.6. The third-order valence-electron chi connectivity index (χ3n) is 6.07. The van der Waals surface area contributed by atoms with Crippen molar-refractivity contribution in [2.45, 2.75) is 65.4 Å². The molecule has 0 radical (unpaired) electrons. The van der Waals surface area contributed by atoms with E-state index in [0.717, 1.165) is 29.2 Å². The maximum absolute atomic E-state index is 14.7. The molecule has 12 nitrogen and oxygen atoms in total. The molecular formula is C29H31Cl2F2N3O9. The van der Waals surface area contributed by atoms with Crippen LogP contribution in [-0.2, 0) is 23.7 Å². The highest BCUT2D eigenvalue weighted by Crippen LogP contribution is 2.29. The molecule has 1 fully saturated rings. The van der Waals surface area contributed by atoms with Gasteiger partial charge in [0.1, 0.15) is 23.8 Å². The molecule has 0 saturated carbocycles. The molecule has 3 amide bonds. The minimum Gasteiger partial charge on any atom is -0.464 e. The highest BCUT2D eigenvalue weighted by atomic mass is 35.5. The predicted octanol–water partition coefficient (Wildman–Crippen LogP) is 6.19. The zero-order valence-corrected chi connectivity index (χ0v) is 26.4. The number of amides is 3. The molecule has 2 aromatic carbocycles. The van der Waals surface area contributed by atoms with E-state index in [4.69, 9.17) is 42.1 Å². The van der Waals surface area contributed by atoms with Gasteiger partial charge in [-0.05, 0) is 58.9 Å². The van der Waals surface area contributed by atoms with E-state index >= 15 is 0 Å². The summed E-state index contributed by atoms with van der Waals surface area (Å²) in [5.74, 6) is -4.47. The van der Waals surface area contributed by atoms with Gasteiger partial charge in [0.15, 0.2) is 0 Å². The summed E-state index contributed by atoms with van der Waals surface area (Å²) in [5.41, 5.74) is -1.30. The highest BCUT2D eigenvalue weighted by Gasteiger charge is 2.43. The van der Waals surface area contributed by atoms with Crippen LogP contribution in [0.4, 0.5) is 29.7 Å². The molecule has 2 atom stereocenters. The van der Waals surface area contributed by atoms with Crippen molar-refractivity contribution in [3.63, 3.8) is 0 Å². The number of hydrogen-bond donors (Lipinski definition) is 2. The molecule has 3 rings (SSSR count). The Balaban J connectivity index is 1.78. The summed E-state index contributed by atoms with van der Waals surface area (Å²) in [4.78, 5) is 64.3. The van der Waals surface area contributed by atoms with Crippen molar-refractivity contribution in [1.29, 1.82) is 0 Å². The van der Waals surface area contributed by atoms with Crippen molar-refractivity contribution in [3.8, 4) is 0 Å². The molecule has 1 saturated heterocycles. The largest absolute Gasteiger partial charge is 0.464 e. The van der Waals surface area contributed by atoms with Gasteiger partial charge in [-0.15, -0.1) is 0 Å². The number of carbonyl (C=O) groups is 5. The molecule has 2 unspecified atom stereocenters. The van der Waals surface area contributed by atoms with Gasteiger partial charge < -0.3 is 29.2 Å². The van der Waals surface area contributed by atoms with Gasteiger partial charge in [0.2, 0.25) is 0 Å². The van der Waals surface area contributed by atoms with Crippen LogP contribution >= 0.6 is 23.2 Å². The first-order valence-corrected chi connectivity index (χ1v) is 14.5. The van der Waals surface area contributed by atoms with E-state index in [1.807, 2.05) is 0 Å². The highest BCUT2D eigenvalue weighted by molar-refractivity contribution is 6.34. The van der Waals surface area contributed by atoms with E-state index in [1.165, 1.54) is 0 Å². The molecule has 45 heavy (non-hydrogen) atoms. The van der Waals surface area contributed by atoms with E-state index in [9.17, 15) is 32.8 Å². The van der Waals surface area contributed by atoms with Gasteiger partial charge in [-0.25, -0.2) is 32.8 Å². The van der Waals surface area contributed by atoms with Crippen molar-refractivity contribution in [2.24, 2.45) is 0 Å². The summed E-state index contributed by atoms with van der Waals surface area (Å²) in [6.07, 6.45) is -3.48.